The van der Waals surface area contributed by atoms with Gasteiger partial charge in [0.1, 0.15) is 6.10 Å². The van der Waals surface area contributed by atoms with Crippen molar-refractivity contribution < 1.29 is 9.53 Å². The maximum absolute atomic E-state index is 10.7. The molecule has 54 valence electrons. The Morgan fingerprint density at radius 2 is 2.60 bits per heavy atom. The Labute approximate surface area is 60.2 Å². The van der Waals surface area contributed by atoms with E-state index in [1.807, 2.05) is 19.1 Å². The first-order chi connectivity index (χ1) is 4.83. The van der Waals surface area contributed by atoms with Crippen molar-refractivity contribution in [3.8, 4) is 0 Å². The van der Waals surface area contributed by atoms with Crippen molar-refractivity contribution in [2.45, 2.75) is 19.4 Å². The van der Waals surface area contributed by atoms with Gasteiger partial charge in [0.15, 0.2) is 5.78 Å². The maximum atomic E-state index is 10.7. The molecular formula is C8H10O2. The van der Waals surface area contributed by atoms with Gasteiger partial charge < -0.3 is 4.74 Å². The van der Waals surface area contributed by atoms with Gasteiger partial charge in [-0.1, -0.05) is 6.08 Å². The first-order valence-corrected chi connectivity index (χ1v) is 3.30. The minimum absolute atomic E-state index is 0.0394. The van der Waals surface area contributed by atoms with Gasteiger partial charge in [-0.2, -0.15) is 0 Å². The fourth-order valence-corrected chi connectivity index (χ4v) is 0.859. The van der Waals surface area contributed by atoms with Crippen LogP contribution in [0.4, 0.5) is 0 Å². The normalized spacial score (nSPS) is 25.3. The van der Waals surface area contributed by atoms with Crippen LogP contribution in [0, 0.1) is 0 Å². The second kappa shape index (κ2) is 3.20. The van der Waals surface area contributed by atoms with Crippen LogP contribution >= 0.6 is 0 Å². The highest BCUT2D eigenvalue weighted by Crippen LogP contribution is 2.07. The zero-order chi connectivity index (χ0) is 7.40. The van der Waals surface area contributed by atoms with E-state index in [0.717, 1.165) is 0 Å². The second-order valence-electron chi connectivity index (χ2n) is 2.17. The summed E-state index contributed by atoms with van der Waals surface area (Å²) in [4.78, 5) is 10.7. The Hall–Kier alpha value is -1.05. The van der Waals surface area contributed by atoms with Crippen molar-refractivity contribution in [3.63, 3.8) is 0 Å². The summed E-state index contributed by atoms with van der Waals surface area (Å²) in [5.74, 6) is 0.134. The monoisotopic (exact) mass is 138 g/mol. The van der Waals surface area contributed by atoms with Crippen LogP contribution in [-0.2, 0) is 9.53 Å². The molecule has 1 atom stereocenters. The predicted molar refractivity (Wildman–Crippen MR) is 38.5 cm³/mol. The van der Waals surface area contributed by atoms with E-state index in [-0.39, 0.29) is 11.9 Å². The van der Waals surface area contributed by atoms with Crippen LogP contribution in [0.15, 0.2) is 24.5 Å². The molecule has 10 heavy (non-hydrogen) atoms. The molecule has 0 aromatic carbocycles. The summed E-state index contributed by atoms with van der Waals surface area (Å²) in [6, 6.07) is 0. The van der Waals surface area contributed by atoms with Crippen molar-refractivity contribution in [2.75, 3.05) is 0 Å². The molecule has 0 aromatic heterocycles. The quantitative estimate of drug-likeness (QED) is 0.512. The molecule has 1 aliphatic rings. The van der Waals surface area contributed by atoms with E-state index < -0.39 is 0 Å². The average molecular weight is 138 g/mol. The van der Waals surface area contributed by atoms with Gasteiger partial charge in [-0.25, -0.2) is 0 Å². The topological polar surface area (TPSA) is 26.3 Å². The summed E-state index contributed by atoms with van der Waals surface area (Å²) in [6.07, 6.45) is 7.11. The van der Waals surface area contributed by atoms with Crippen LogP contribution in [0.1, 0.15) is 13.3 Å². The Morgan fingerprint density at radius 1 is 1.80 bits per heavy atom. The molecule has 0 amide bonds. The molecule has 0 bridgehead atoms. The van der Waals surface area contributed by atoms with Gasteiger partial charge in [0, 0.05) is 6.08 Å². The molecule has 0 radical (unpaired) electrons. The fourth-order valence-electron chi connectivity index (χ4n) is 0.859. The molecule has 0 aromatic rings. The number of carbonyl (C=O) groups excluding carboxylic acids is 1. The second-order valence-corrected chi connectivity index (χ2v) is 2.17. The third-order valence-corrected chi connectivity index (χ3v) is 1.32. The average Bonchev–Trinajstić information content (AvgIpc) is 1.88. The van der Waals surface area contributed by atoms with Gasteiger partial charge in [-0.15, -0.1) is 0 Å². The van der Waals surface area contributed by atoms with Crippen LogP contribution in [0.5, 0.6) is 0 Å². The Balaban J connectivity index is 2.52. The van der Waals surface area contributed by atoms with Crippen molar-refractivity contribution in [1.29, 1.82) is 0 Å². The van der Waals surface area contributed by atoms with Crippen molar-refractivity contribution in [2.24, 2.45) is 0 Å². The lowest BCUT2D eigenvalue weighted by Crippen LogP contribution is -2.15. The third kappa shape index (κ3) is 1.72. The highest BCUT2D eigenvalue weighted by atomic mass is 16.5. The minimum Gasteiger partial charge on any atom is -0.493 e. The van der Waals surface area contributed by atoms with Gasteiger partial charge in [0.25, 0.3) is 0 Å². The van der Waals surface area contributed by atoms with Crippen molar-refractivity contribution in [3.05, 3.63) is 24.5 Å². The summed E-state index contributed by atoms with van der Waals surface area (Å²) in [5, 5.41) is 0. The lowest BCUT2D eigenvalue weighted by Gasteiger charge is -2.13. The summed E-state index contributed by atoms with van der Waals surface area (Å²) in [7, 11) is 0. The number of hydrogen-bond donors (Lipinski definition) is 0. The number of hydrogen-bond acceptors (Lipinski definition) is 2. The van der Waals surface area contributed by atoms with Crippen LogP contribution in [0.3, 0.4) is 0 Å². The fraction of sp³-hybridized carbons (Fsp3) is 0.375. The third-order valence-electron chi connectivity index (χ3n) is 1.32. The Morgan fingerprint density at radius 3 is 3.20 bits per heavy atom. The zero-order valence-corrected chi connectivity index (χ0v) is 5.91. The molecule has 1 rings (SSSR count). The van der Waals surface area contributed by atoms with E-state index in [1.54, 1.807) is 0 Å². The van der Waals surface area contributed by atoms with Crippen LogP contribution < -0.4 is 0 Å². The summed E-state index contributed by atoms with van der Waals surface area (Å²) in [5.41, 5.74) is 0. The number of rotatable bonds is 1. The van der Waals surface area contributed by atoms with Gasteiger partial charge in [-0.3, -0.25) is 4.79 Å². The van der Waals surface area contributed by atoms with Gasteiger partial charge in [0.2, 0.25) is 0 Å². The molecule has 0 fully saturated rings. The largest absolute Gasteiger partial charge is 0.493 e. The van der Waals surface area contributed by atoms with E-state index in [9.17, 15) is 4.79 Å². The lowest BCUT2D eigenvalue weighted by molar-refractivity contribution is -0.117. The molecule has 0 aliphatic carbocycles. The van der Waals surface area contributed by atoms with E-state index in [2.05, 4.69) is 0 Å². The highest BCUT2D eigenvalue weighted by Gasteiger charge is 2.12. The maximum Gasteiger partial charge on any atom is 0.162 e. The molecule has 0 spiro atoms. The molecule has 1 unspecified atom stereocenters. The molecule has 1 aliphatic heterocycles. The molecule has 2 heteroatoms. The zero-order valence-electron chi connectivity index (χ0n) is 5.91. The SMILES string of the molecule is C/C=C/C1CC(=O)C=CO1. The van der Waals surface area contributed by atoms with Crippen LogP contribution in [0.25, 0.3) is 0 Å². The number of ketones is 1. The number of carbonyl (C=O) groups is 1. The van der Waals surface area contributed by atoms with E-state index in [0.29, 0.717) is 6.42 Å². The van der Waals surface area contributed by atoms with E-state index >= 15 is 0 Å². The summed E-state index contributed by atoms with van der Waals surface area (Å²) >= 11 is 0. The molecule has 0 N–H and O–H groups in total. The Kier molecular flexibility index (Phi) is 2.26. The van der Waals surface area contributed by atoms with Crippen molar-refractivity contribution in [1.82, 2.24) is 0 Å². The van der Waals surface area contributed by atoms with Crippen molar-refractivity contribution >= 4 is 5.78 Å². The molecule has 0 saturated heterocycles. The Bertz CT molecular complexity index is 180. The molecular weight excluding hydrogens is 128 g/mol. The lowest BCUT2D eigenvalue weighted by atomic mass is 10.1. The number of ether oxygens (including phenoxy) is 1. The number of allylic oxidation sites excluding steroid dienone is 2. The predicted octanol–water partition coefficient (Wildman–Crippen LogP) is 1.43. The van der Waals surface area contributed by atoms with Gasteiger partial charge in [0.05, 0.1) is 12.7 Å². The van der Waals surface area contributed by atoms with Crippen LogP contribution in [-0.4, -0.2) is 11.9 Å². The van der Waals surface area contributed by atoms with E-state index in [1.165, 1.54) is 12.3 Å². The standard InChI is InChI=1S/C8H10O2/c1-2-3-8-6-7(9)4-5-10-8/h2-5,8H,6H2,1H3/b3-2+. The summed E-state index contributed by atoms with van der Waals surface area (Å²) in [6.45, 7) is 1.91. The van der Waals surface area contributed by atoms with Crippen LogP contribution in [0.2, 0.25) is 0 Å². The highest BCUT2D eigenvalue weighted by molar-refractivity contribution is 5.90. The first kappa shape index (κ1) is 7.06. The van der Waals surface area contributed by atoms with Gasteiger partial charge in [-0.05, 0) is 13.0 Å². The smallest absolute Gasteiger partial charge is 0.162 e. The molecule has 1 heterocycles. The van der Waals surface area contributed by atoms with Gasteiger partial charge >= 0.3 is 0 Å². The first-order valence-electron chi connectivity index (χ1n) is 3.30. The van der Waals surface area contributed by atoms with E-state index in [4.69, 9.17) is 4.74 Å². The summed E-state index contributed by atoms with van der Waals surface area (Å²) < 4.78 is 5.10. The molecule has 0 saturated carbocycles. The minimum atomic E-state index is -0.0394. The molecule has 2 nitrogen and oxygen atoms in total.